The fourth-order valence-corrected chi connectivity index (χ4v) is 4.54. The summed E-state index contributed by atoms with van der Waals surface area (Å²) in [6, 6.07) is 12.4. The van der Waals surface area contributed by atoms with E-state index in [4.69, 9.17) is 33.7 Å². The molecule has 1 heterocycles. The Bertz CT molecular complexity index is 972. The zero-order valence-corrected chi connectivity index (χ0v) is 19.7. The zero-order chi connectivity index (χ0) is 24.1. The lowest BCUT2D eigenvalue weighted by molar-refractivity contribution is -0.185. The molecule has 2 aromatic rings. The van der Waals surface area contributed by atoms with E-state index in [2.05, 4.69) is 0 Å². The van der Waals surface area contributed by atoms with Crippen LogP contribution in [0.3, 0.4) is 0 Å². The number of aliphatic hydroxyl groups excluding tert-OH is 2. The second-order valence-corrected chi connectivity index (χ2v) is 8.99. The van der Waals surface area contributed by atoms with E-state index in [9.17, 15) is 19.8 Å². The van der Waals surface area contributed by atoms with Crippen molar-refractivity contribution in [1.29, 1.82) is 0 Å². The highest BCUT2D eigenvalue weighted by Crippen LogP contribution is 2.44. The van der Waals surface area contributed by atoms with Crippen molar-refractivity contribution in [3.05, 3.63) is 69.7 Å². The van der Waals surface area contributed by atoms with E-state index in [1.165, 1.54) is 4.90 Å². The standard InChI is InChI=1S/C24H28Cl2N2O5/c1-2-4-19(23(27)31)28-21(14-7-9-16(25)10-8-14)22(15-5-3-6-17(26)11-15)33-20(24(28)32)12-18(30)13-29/h3,5-11,18-22,29-30H,2,4,12-13H2,1H3,(H2,27,31)/t18-,19?,20+,21-,22+/m0/s1. The number of aliphatic hydroxyl groups is 2. The first-order valence-electron chi connectivity index (χ1n) is 10.8. The van der Waals surface area contributed by atoms with Crippen molar-refractivity contribution < 1.29 is 24.5 Å². The monoisotopic (exact) mass is 494 g/mol. The van der Waals surface area contributed by atoms with Crippen molar-refractivity contribution in [2.24, 2.45) is 5.73 Å². The van der Waals surface area contributed by atoms with Gasteiger partial charge in [0.15, 0.2) is 0 Å². The number of hydrogen-bond donors (Lipinski definition) is 3. The third kappa shape index (κ3) is 5.86. The summed E-state index contributed by atoms with van der Waals surface area (Å²) in [7, 11) is 0. The number of amides is 2. The molecule has 1 aliphatic heterocycles. The molecule has 0 aliphatic carbocycles. The second-order valence-electron chi connectivity index (χ2n) is 8.12. The Labute approximate surface area is 203 Å². The smallest absolute Gasteiger partial charge is 0.253 e. The molecule has 1 saturated heterocycles. The minimum absolute atomic E-state index is 0.131. The second kappa shape index (κ2) is 11.3. The molecule has 7 nitrogen and oxygen atoms in total. The molecule has 0 bridgehead atoms. The van der Waals surface area contributed by atoms with E-state index in [0.29, 0.717) is 34.0 Å². The molecule has 178 valence electrons. The van der Waals surface area contributed by atoms with E-state index >= 15 is 0 Å². The number of hydrogen-bond acceptors (Lipinski definition) is 5. The fourth-order valence-electron chi connectivity index (χ4n) is 4.22. The molecule has 0 radical (unpaired) electrons. The van der Waals surface area contributed by atoms with Gasteiger partial charge in [-0.1, -0.05) is 60.8 Å². The van der Waals surface area contributed by atoms with Gasteiger partial charge in [-0.2, -0.15) is 0 Å². The van der Waals surface area contributed by atoms with Crippen LogP contribution in [0.25, 0.3) is 0 Å². The maximum absolute atomic E-state index is 13.6. The van der Waals surface area contributed by atoms with E-state index in [1.54, 1.807) is 42.5 Å². The van der Waals surface area contributed by atoms with E-state index < -0.39 is 48.8 Å². The quantitative estimate of drug-likeness (QED) is 0.494. The average molecular weight is 495 g/mol. The minimum Gasteiger partial charge on any atom is -0.394 e. The number of morpholine rings is 1. The first-order valence-corrected chi connectivity index (χ1v) is 11.6. The summed E-state index contributed by atoms with van der Waals surface area (Å²) < 4.78 is 6.24. The van der Waals surface area contributed by atoms with Crippen LogP contribution >= 0.6 is 23.2 Å². The van der Waals surface area contributed by atoms with Gasteiger partial charge in [-0.3, -0.25) is 9.59 Å². The van der Waals surface area contributed by atoms with Gasteiger partial charge >= 0.3 is 0 Å². The Morgan fingerprint density at radius 3 is 2.42 bits per heavy atom. The topological polar surface area (TPSA) is 113 Å². The molecule has 1 aliphatic rings. The molecule has 1 fully saturated rings. The van der Waals surface area contributed by atoms with Crippen LogP contribution in [-0.2, 0) is 14.3 Å². The maximum Gasteiger partial charge on any atom is 0.253 e. The number of carbonyl (C=O) groups excluding carboxylic acids is 2. The number of nitrogens with zero attached hydrogens (tertiary/aromatic N) is 1. The van der Waals surface area contributed by atoms with Gasteiger partial charge in [0.25, 0.3) is 5.91 Å². The van der Waals surface area contributed by atoms with Crippen molar-refractivity contribution >= 4 is 35.0 Å². The summed E-state index contributed by atoms with van der Waals surface area (Å²) in [5.41, 5.74) is 7.16. The van der Waals surface area contributed by atoms with E-state index in [1.807, 2.05) is 13.0 Å². The Morgan fingerprint density at radius 2 is 1.85 bits per heavy atom. The van der Waals surface area contributed by atoms with Gasteiger partial charge < -0.3 is 25.6 Å². The third-order valence-electron chi connectivity index (χ3n) is 5.74. The Hall–Kier alpha value is -2.16. The highest BCUT2D eigenvalue weighted by molar-refractivity contribution is 6.30. The molecular weight excluding hydrogens is 467 g/mol. The summed E-state index contributed by atoms with van der Waals surface area (Å²) in [5, 5.41) is 20.4. The molecule has 0 spiro atoms. The summed E-state index contributed by atoms with van der Waals surface area (Å²) in [6.45, 7) is 1.38. The predicted molar refractivity (Wildman–Crippen MR) is 126 cm³/mol. The normalized spacial score (nSPS) is 22.8. The minimum atomic E-state index is -1.16. The SMILES string of the molecule is CCCC(C(N)=O)N1C(=O)[C@@H](C[C@H](O)CO)O[C@H](c2cccc(Cl)c2)[C@@H]1c1ccc(Cl)cc1. The van der Waals surface area contributed by atoms with Crippen LogP contribution in [0.4, 0.5) is 0 Å². The van der Waals surface area contributed by atoms with Gasteiger partial charge in [-0.05, 0) is 41.8 Å². The molecule has 0 aromatic heterocycles. The number of rotatable bonds is 9. The molecule has 1 unspecified atom stereocenters. The van der Waals surface area contributed by atoms with Crippen LogP contribution in [0.1, 0.15) is 49.5 Å². The molecule has 2 aromatic carbocycles. The molecule has 4 N–H and O–H groups in total. The van der Waals surface area contributed by atoms with Gasteiger partial charge in [-0.25, -0.2) is 0 Å². The molecular formula is C24H28Cl2N2O5. The Morgan fingerprint density at radius 1 is 1.15 bits per heavy atom. The first kappa shape index (κ1) is 25.5. The number of primary amides is 1. The van der Waals surface area contributed by atoms with Gasteiger partial charge in [0.05, 0.1) is 18.8 Å². The number of halogens is 2. The lowest BCUT2D eigenvalue weighted by Gasteiger charge is -2.47. The third-order valence-corrected chi connectivity index (χ3v) is 6.23. The van der Waals surface area contributed by atoms with Crippen LogP contribution < -0.4 is 5.73 Å². The van der Waals surface area contributed by atoms with Crippen LogP contribution in [0, 0.1) is 0 Å². The van der Waals surface area contributed by atoms with Crippen molar-refractivity contribution in [1.82, 2.24) is 4.90 Å². The Balaban J connectivity index is 2.18. The predicted octanol–water partition coefficient (Wildman–Crippen LogP) is 3.40. The van der Waals surface area contributed by atoms with Crippen LogP contribution in [0.5, 0.6) is 0 Å². The van der Waals surface area contributed by atoms with Crippen molar-refractivity contribution in [2.75, 3.05) is 6.61 Å². The average Bonchev–Trinajstić information content (AvgIpc) is 2.79. The van der Waals surface area contributed by atoms with Crippen molar-refractivity contribution in [3.63, 3.8) is 0 Å². The summed E-state index contributed by atoms with van der Waals surface area (Å²) in [4.78, 5) is 27.6. The van der Waals surface area contributed by atoms with Gasteiger partial charge in [0, 0.05) is 16.5 Å². The van der Waals surface area contributed by atoms with E-state index in [0.717, 1.165) is 0 Å². The number of benzene rings is 2. The zero-order valence-electron chi connectivity index (χ0n) is 18.2. The lowest BCUT2D eigenvalue weighted by atomic mass is 9.88. The molecule has 2 amide bonds. The van der Waals surface area contributed by atoms with Crippen LogP contribution in [-0.4, -0.2) is 51.8 Å². The summed E-state index contributed by atoms with van der Waals surface area (Å²) in [5.74, 6) is -1.10. The fraction of sp³-hybridized carbons (Fsp3) is 0.417. The Kier molecular flexibility index (Phi) is 8.73. The largest absolute Gasteiger partial charge is 0.394 e. The van der Waals surface area contributed by atoms with Crippen molar-refractivity contribution in [2.45, 2.75) is 56.6 Å². The molecule has 5 atom stereocenters. The molecule has 9 heteroatoms. The van der Waals surface area contributed by atoms with Crippen LogP contribution in [0.15, 0.2) is 48.5 Å². The first-order chi connectivity index (χ1) is 15.8. The van der Waals surface area contributed by atoms with Gasteiger partial charge in [0.1, 0.15) is 18.2 Å². The number of carbonyl (C=O) groups is 2. The highest BCUT2D eigenvalue weighted by Gasteiger charge is 2.48. The molecule has 33 heavy (non-hydrogen) atoms. The number of ether oxygens (including phenoxy) is 1. The maximum atomic E-state index is 13.6. The molecule has 0 saturated carbocycles. The lowest BCUT2D eigenvalue weighted by Crippen LogP contribution is -2.58. The molecule has 3 rings (SSSR count). The van der Waals surface area contributed by atoms with Crippen LogP contribution in [0.2, 0.25) is 10.0 Å². The van der Waals surface area contributed by atoms with Gasteiger partial charge in [0.2, 0.25) is 5.91 Å². The van der Waals surface area contributed by atoms with E-state index in [-0.39, 0.29) is 6.42 Å². The highest BCUT2D eigenvalue weighted by atomic mass is 35.5. The van der Waals surface area contributed by atoms with Crippen molar-refractivity contribution in [3.8, 4) is 0 Å². The van der Waals surface area contributed by atoms with Gasteiger partial charge in [-0.15, -0.1) is 0 Å². The summed E-state index contributed by atoms with van der Waals surface area (Å²) >= 11 is 12.3. The summed E-state index contributed by atoms with van der Waals surface area (Å²) in [6.07, 6.45) is -2.10. The number of nitrogens with two attached hydrogens (primary N) is 1.